The first-order valence-electron chi connectivity index (χ1n) is 4.28. The molecule has 0 spiro atoms. The number of phenols is 1. The van der Waals surface area contributed by atoms with Gasteiger partial charge in [-0.15, -0.1) is 0 Å². The topological polar surface area (TPSA) is 33.1 Å². The van der Waals surface area contributed by atoms with E-state index in [1.807, 2.05) is 12.1 Å². The number of hydrogen-bond donors (Lipinski definition) is 1. The number of aromatic nitrogens is 1. The molecular weight excluding hydrogens is 277 g/mol. The summed E-state index contributed by atoms with van der Waals surface area (Å²) in [5.41, 5.74) is 1.39. The van der Waals surface area contributed by atoms with Gasteiger partial charge in [-0.2, -0.15) is 0 Å². The van der Waals surface area contributed by atoms with E-state index >= 15 is 0 Å². The summed E-state index contributed by atoms with van der Waals surface area (Å²) in [4.78, 5) is 4.00. The number of rotatable bonds is 1. The summed E-state index contributed by atoms with van der Waals surface area (Å²) >= 11 is 9.28. The number of halogens is 2. The molecule has 0 unspecified atom stereocenters. The van der Waals surface area contributed by atoms with Gasteiger partial charge in [0.25, 0.3) is 0 Å². The van der Waals surface area contributed by atoms with Crippen LogP contribution in [0.3, 0.4) is 0 Å². The Morgan fingerprint density at radius 1 is 1.20 bits per heavy atom. The molecule has 0 aliphatic carbocycles. The van der Waals surface area contributed by atoms with Crippen molar-refractivity contribution < 1.29 is 5.11 Å². The molecule has 4 heteroatoms. The summed E-state index contributed by atoms with van der Waals surface area (Å²) in [5, 5.41) is 10.1. The molecule has 2 nitrogen and oxygen atoms in total. The first kappa shape index (κ1) is 10.5. The highest BCUT2D eigenvalue weighted by atomic mass is 79.9. The van der Waals surface area contributed by atoms with Crippen LogP contribution in [0.4, 0.5) is 0 Å². The largest absolute Gasteiger partial charge is 0.507 e. The zero-order chi connectivity index (χ0) is 10.8. The van der Waals surface area contributed by atoms with E-state index in [0.29, 0.717) is 16.3 Å². The Morgan fingerprint density at radius 3 is 2.67 bits per heavy atom. The Balaban J connectivity index is 2.64. The summed E-state index contributed by atoms with van der Waals surface area (Å²) in [6, 6.07) is 8.84. The van der Waals surface area contributed by atoms with E-state index in [1.54, 1.807) is 24.4 Å². The third-order valence-electron chi connectivity index (χ3n) is 2.00. The monoisotopic (exact) mass is 283 g/mol. The molecule has 15 heavy (non-hydrogen) atoms. The molecule has 0 aliphatic heterocycles. The minimum Gasteiger partial charge on any atom is -0.507 e. The predicted octanol–water partition coefficient (Wildman–Crippen LogP) is 3.87. The molecule has 0 saturated carbocycles. The van der Waals surface area contributed by atoms with E-state index < -0.39 is 0 Å². The number of para-hydroxylation sites is 1. The third-order valence-corrected chi connectivity index (χ3v) is 2.73. The second kappa shape index (κ2) is 4.21. The van der Waals surface area contributed by atoms with Crippen molar-refractivity contribution in [1.29, 1.82) is 0 Å². The van der Waals surface area contributed by atoms with Gasteiger partial charge in [0.2, 0.25) is 0 Å². The lowest BCUT2D eigenvalue weighted by molar-refractivity contribution is 0.477. The molecule has 0 radical (unpaired) electrons. The quantitative estimate of drug-likeness (QED) is 0.806. The average molecular weight is 285 g/mol. The van der Waals surface area contributed by atoms with Crippen molar-refractivity contribution in [3.05, 3.63) is 46.2 Å². The fourth-order valence-corrected chi connectivity index (χ4v) is 1.85. The maximum Gasteiger partial charge on any atom is 0.137 e. The molecule has 0 fully saturated rings. The van der Waals surface area contributed by atoms with Crippen LogP contribution in [0.1, 0.15) is 0 Å². The van der Waals surface area contributed by atoms with Gasteiger partial charge >= 0.3 is 0 Å². The SMILES string of the molecule is Oc1ccccc1-c1cc(Br)cnc1Cl. The maximum atomic E-state index is 9.68. The van der Waals surface area contributed by atoms with Gasteiger partial charge < -0.3 is 5.11 Å². The van der Waals surface area contributed by atoms with Gasteiger partial charge in [0.15, 0.2) is 0 Å². The minimum absolute atomic E-state index is 0.194. The Kier molecular flexibility index (Phi) is 2.93. The zero-order valence-corrected chi connectivity index (χ0v) is 9.96. The van der Waals surface area contributed by atoms with Crippen LogP contribution in [0.15, 0.2) is 41.0 Å². The highest BCUT2D eigenvalue weighted by molar-refractivity contribution is 9.10. The van der Waals surface area contributed by atoms with Gasteiger partial charge in [-0.1, -0.05) is 29.8 Å². The van der Waals surface area contributed by atoms with Crippen LogP contribution in [0.2, 0.25) is 5.15 Å². The van der Waals surface area contributed by atoms with Crippen LogP contribution in [0, 0.1) is 0 Å². The highest BCUT2D eigenvalue weighted by Crippen LogP contribution is 2.34. The molecule has 1 aromatic carbocycles. The van der Waals surface area contributed by atoms with Crippen LogP contribution in [-0.2, 0) is 0 Å². The molecule has 2 aromatic rings. The van der Waals surface area contributed by atoms with Gasteiger partial charge in [0.05, 0.1) is 0 Å². The summed E-state index contributed by atoms with van der Waals surface area (Å²) in [6.45, 7) is 0. The van der Waals surface area contributed by atoms with Crippen molar-refractivity contribution >= 4 is 27.5 Å². The molecule has 2 rings (SSSR count). The first-order valence-corrected chi connectivity index (χ1v) is 5.45. The Morgan fingerprint density at radius 2 is 1.93 bits per heavy atom. The normalized spacial score (nSPS) is 10.3. The number of aromatic hydroxyl groups is 1. The second-order valence-corrected chi connectivity index (χ2v) is 4.28. The van der Waals surface area contributed by atoms with E-state index in [1.165, 1.54) is 0 Å². The number of phenolic OH excluding ortho intramolecular Hbond substituents is 1. The molecule has 0 amide bonds. The number of hydrogen-bond acceptors (Lipinski definition) is 2. The third kappa shape index (κ3) is 2.13. The lowest BCUT2D eigenvalue weighted by Crippen LogP contribution is -1.84. The maximum absolute atomic E-state index is 9.68. The summed E-state index contributed by atoms with van der Waals surface area (Å²) < 4.78 is 0.824. The fourth-order valence-electron chi connectivity index (χ4n) is 1.31. The van der Waals surface area contributed by atoms with Crippen molar-refractivity contribution in [1.82, 2.24) is 4.98 Å². The van der Waals surface area contributed by atoms with Crippen LogP contribution in [-0.4, -0.2) is 10.1 Å². The van der Waals surface area contributed by atoms with Crippen LogP contribution < -0.4 is 0 Å². The van der Waals surface area contributed by atoms with E-state index in [-0.39, 0.29) is 5.75 Å². The molecular formula is C11H7BrClNO. The molecule has 1 N–H and O–H groups in total. The Bertz CT molecular complexity index is 502. The average Bonchev–Trinajstić information content (AvgIpc) is 2.23. The predicted molar refractivity (Wildman–Crippen MR) is 64.0 cm³/mol. The van der Waals surface area contributed by atoms with Crippen molar-refractivity contribution in [2.45, 2.75) is 0 Å². The van der Waals surface area contributed by atoms with Crippen molar-refractivity contribution in [3.8, 4) is 16.9 Å². The van der Waals surface area contributed by atoms with E-state index in [2.05, 4.69) is 20.9 Å². The minimum atomic E-state index is 0.194. The second-order valence-electron chi connectivity index (χ2n) is 3.01. The van der Waals surface area contributed by atoms with E-state index in [4.69, 9.17) is 11.6 Å². The number of nitrogens with zero attached hydrogens (tertiary/aromatic N) is 1. The van der Waals surface area contributed by atoms with Gasteiger partial charge in [0.1, 0.15) is 10.9 Å². The van der Waals surface area contributed by atoms with Gasteiger partial charge in [0, 0.05) is 21.8 Å². The molecule has 1 aromatic heterocycles. The number of benzene rings is 1. The van der Waals surface area contributed by atoms with Crippen LogP contribution in [0.5, 0.6) is 5.75 Å². The Hall–Kier alpha value is -1.06. The van der Waals surface area contributed by atoms with Gasteiger partial charge in [-0.05, 0) is 28.1 Å². The molecule has 0 atom stereocenters. The molecule has 0 aliphatic rings. The number of pyridine rings is 1. The van der Waals surface area contributed by atoms with Gasteiger partial charge in [-0.25, -0.2) is 4.98 Å². The molecule has 0 bridgehead atoms. The molecule has 1 heterocycles. The smallest absolute Gasteiger partial charge is 0.137 e. The summed E-state index contributed by atoms with van der Waals surface area (Å²) in [7, 11) is 0. The van der Waals surface area contributed by atoms with E-state index in [9.17, 15) is 5.11 Å². The van der Waals surface area contributed by atoms with E-state index in [0.717, 1.165) is 4.47 Å². The van der Waals surface area contributed by atoms with Gasteiger partial charge in [-0.3, -0.25) is 0 Å². The standard InChI is InChI=1S/C11H7BrClNO/c12-7-5-9(11(13)14-6-7)8-3-1-2-4-10(8)15/h1-6,15H. The lowest BCUT2D eigenvalue weighted by atomic mass is 10.1. The zero-order valence-electron chi connectivity index (χ0n) is 7.61. The van der Waals surface area contributed by atoms with Crippen molar-refractivity contribution in [3.63, 3.8) is 0 Å². The summed E-state index contributed by atoms with van der Waals surface area (Å²) in [6.07, 6.45) is 1.62. The molecule has 0 saturated heterocycles. The highest BCUT2D eigenvalue weighted by Gasteiger charge is 2.08. The first-order chi connectivity index (χ1) is 7.18. The molecule has 76 valence electrons. The van der Waals surface area contributed by atoms with Crippen molar-refractivity contribution in [2.24, 2.45) is 0 Å². The fraction of sp³-hybridized carbons (Fsp3) is 0. The Labute approximate surface area is 101 Å². The van der Waals surface area contributed by atoms with Crippen molar-refractivity contribution in [2.75, 3.05) is 0 Å². The lowest BCUT2D eigenvalue weighted by Gasteiger charge is -2.06. The van der Waals surface area contributed by atoms with Crippen LogP contribution in [0.25, 0.3) is 11.1 Å². The van der Waals surface area contributed by atoms with Crippen LogP contribution >= 0.6 is 27.5 Å². The summed E-state index contributed by atoms with van der Waals surface area (Å²) in [5.74, 6) is 0.194.